The van der Waals surface area contributed by atoms with Crippen molar-refractivity contribution in [3.05, 3.63) is 0 Å². The quantitative estimate of drug-likeness (QED) is 0.751. The van der Waals surface area contributed by atoms with Crippen molar-refractivity contribution in [3.8, 4) is 0 Å². The lowest BCUT2D eigenvalue weighted by Crippen LogP contribution is -2.47. The summed E-state index contributed by atoms with van der Waals surface area (Å²) in [4.78, 5) is 27.0. The van der Waals surface area contributed by atoms with Gasteiger partial charge in [0.15, 0.2) is 0 Å². The summed E-state index contributed by atoms with van der Waals surface area (Å²) in [5, 5.41) is 0. The van der Waals surface area contributed by atoms with Crippen LogP contribution in [0.4, 0.5) is 4.79 Å². The molecular formula is C13H23N3O2. The molecule has 0 aromatic rings. The Morgan fingerprint density at radius 1 is 1.22 bits per heavy atom. The van der Waals surface area contributed by atoms with Crippen molar-refractivity contribution >= 4 is 11.9 Å². The number of likely N-dealkylation sites (N-methyl/N-ethyl adjacent to an activating group) is 1. The molecule has 1 aliphatic heterocycles. The first-order valence-corrected chi connectivity index (χ1v) is 6.69. The van der Waals surface area contributed by atoms with Crippen LogP contribution in [0.5, 0.6) is 0 Å². The highest BCUT2D eigenvalue weighted by Gasteiger charge is 2.49. The molecule has 0 spiro atoms. The second kappa shape index (κ2) is 4.53. The van der Waals surface area contributed by atoms with Crippen LogP contribution in [-0.4, -0.2) is 46.9 Å². The topological polar surface area (TPSA) is 66.6 Å². The maximum atomic E-state index is 12.1. The molecule has 2 aliphatic rings. The first kappa shape index (κ1) is 13.3. The van der Waals surface area contributed by atoms with E-state index in [1.165, 1.54) is 4.90 Å². The molecule has 0 atom stereocenters. The molecule has 3 amide bonds. The number of imide groups is 1. The Bertz CT molecular complexity index is 359. The van der Waals surface area contributed by atoms with Crippen LogP contribution in [0.2, 0.25) is 0 Å². The van der Waals surface area contributed by atoms with Gasteiger partial charge < -0.3 is 10.6 Å². The molecule has 1 saturated carbocycles. The van der Waals surface area contributed by atoms with Crippen molar-refractivity contribution in [3.63, 3.8) is 0 Å². The van der Waals surface area contributed by atoms with Crippen molar-refractivity contribution in [2.24, 2.45) is 11.7 Å². The van der Waals surface area contributed by atoms with E-state index in [1.807, 2.05) is 13.8 Å². The molecule has 0 aromatic heterocycles. The molecule has 0 aromatic carbocycles. The van der Waals surface area contributed by atoms with E-state index in [0.717, 1.165) is 25.7 Å². The number of hydrogen-bond donors (Lipinski definition) is 1. The minimum Gasteiger partial charge on any atom is -0.328 e. The number of amides is 3. The van der Waals surface area contributed by atoms with Crippen LogP contribution < -0.4 is 5.73 Å². The third-order valence-electron chi connectivity index (χ3n) is 4.35. The van der Waals surface area contributed by atoms with E-state index in [4.69, 9.17) is 5.73 Å². The van der Waals surface area contributed by atoms with Gasteiger partial charge in [-0.1, -0.05) is 0 Å². The van der Waals surface area contributed by atoms with E-state index in [2.05, 4.69) is 0 Å². The third-order valence-corrected chi connectivity index (χ3v) is 4.35. The smallest absolute Gasteiger partial charge is 0.327 e. The van der Waals surface area contributed by atoms with Gasteiger partial charge in [-0.25, -0.2) is 4.79 Å². The molecular weight excluding hydrogens is 230 g/mol. The molecule has 102 valence electrons. The van der Waals surface area contributed by atoms with Gasteiger partial charge in [-0.2, -0.15) is 0 Å². The van der Waals surface area contributed by atoms with Gasteiger partial charge in [0.25, 0.3) is 5.91 Å². The lowest BCUT2D eigenvalue weighted by Gasteiger charge is -2.34. The summed E-state index contributed by atoms with van der Waals surface area (Å²) >= 11 is 0. The highest BCUT2D eigenvalue weighted by Crippen LogP contribution is 2.31. The fraction of sp³-hybridized carbons (Fsp3) is 0.846. The fourth-order valence-electron chi connectivity index (χ4n) is 2.97. The predicted octanol–water partition coefficient (Wildman–Crippen LogP) is 1.18. The minimum absolute atomic E-state index is 0.111. The maximum absolute atomic E-state index is 12.1. The Balaban J connectivity index is 2.04. The van der Waals surface area contributed by atoms with Gasteiger partial charge in [-0.3, -0.25) is 9.69 Å². The second-order valence-electron chi connectivity index (χ2n) is 6.10. The molecule has 1 saturated heterocycles. The summed E-state index contributed by atoms with van der Waals surface area (Å²) in [6.45, 7) is 4.32. The second-order valence-corrected chi connectivity index (χ2v) is 6.10. The zero-order valence-electron chi connectivity index (χ0n) is 11.5. The Labute approximate surface area is 108 Å². The summed E-state index contributed by atoms with van der Waals surface area (Å²) in [6, 6.07) is 0.146. The summed E-state index contributed by atoms with van der Waals surface area (Å²) in [7, 11) is 1.56. The number of carbonyl (C=O) groups is 2. The van der Waals surface area contributed by atoms with Gasteiger partial charge in [0.2, 0.25) is 0 Å². The summed E-state index contributed by atoms with van der Waals surface area (Å²) < 4.78 is 0. The minimum atomic E-state index is -0.703. The number of nitrogens with two attached hydrogens (primary N) is 1. The van der Waals surface area contributed by atoms with Crippen LogP contribution in [-0.2, 0) is 4.79 Å². The third kappa shape index (κ3) is 2.11. The van der Waals surface area contributed by atoms with Gasteiger partial charge in [0.1, 0.15) is 5.54 Å². The summed E-state index contributed by atoms with van der Waals surface area (Å²) in [5.74, 6) is 0.368. The number of rotatable bonds is 2. The molecule has 2 rings (SSSR count). The molecule has 0 radical (unpaired) electrons. The molecule has 5 nitrogen and oxygen atoms in total. The van der Waals surface area contributed by atoms with Gasteiger partial charge in [-0.15, -0.1) is 0 Å². The molecule has 0 unspecified atom stereocenters. The largest absolute Gasteiger partial charge is 0.328 e. The normalized spacial score (nSPS) is 32.2. The number of carbonyl (C=O) groups excluding carboxylic acids is 2. The Morgan fingerprint density at radius 3 is 2.22 bits per heavy atom. The van der Waals surface area contributed by atoms with Gasteiger partial charge in [0.05, 0.1) is 0 Å². The van der Waals surface area contributed by atoms with Crippen LogP contribution in [0.1, 0.15) is 39.5 Å². The first-order valence-electron chi connectivity index (χ1n) is 6.69. The van der Waals surface area contributed by atoms with Crippen molar-refractivity contribution in [1.29, 1.82) is 0 Å². The van der Waals surface area contributed by atoms with Gasteiger partial charge in [0, 0.05) is 19.6 Å². The van der Waals surface area contributed by atoms with E-state index >= 15 is 0 Å². The average Bonchev–Trinajstić information content (AvgIpc) is 2.47. The maximum Gasteiger partial charge on any atom is 0.327 e. The van der Waals surface area contributed by atoms with Gasteiger partial charge in [-0.05, 0) is 45.4 Å². The lowest BCUT2D eigenvalue weighted by atomic mass is 9.85. The van der Waals surface area contributed by atoms with Crippen LogP contribution in [0.3, 0.4) is 0 Å². The molecule has 5 heteroatoms. The van der Waals surface area contributed by atoms with Gasteiger partial charge >= 0.3 is 6.03 Å². The Kier molecular flexibility index (Phi) is 3.36. The SMILES string of the molecule is CN1C(=O)N(CC2CCC(N)CC2)C(C)(C)C1=O. The van der Waals surface area contributed by atoms with Crippen molar-refractivity contribution < 1.29 is 9.59 Å². The lowest BCUT2D eigenvalue weighted by molar-refractivity contribution is -0.131. The molecule has 2 N–H and O–H groups in total. The van der Waals surface area contributed by atoms with E-state index in [1.54, 1.807) is 11.9 Å². The highest BCUT2D eigenvalue weighted by molar-refractivity contribution is 6.06. The first-order chi connectivity index (χ1) is 8.34. The summed E-state index contributed by atoms with van der Waals surface area (Å²) in [6.07, 6.45) is 4.16. The van der Waals surface area contributed by atoms with Crippen LogP contribution in [0, 0.1) is 5.92 Å². The van der Waals surface area contributed by atoms with E-state index in [0.29, 0.717) is 18.5 Å². The van der Waals surface area contributed by atoms with E-state index < -0.39 is 5.54 Å². The highest BCUT2D eigenvalue weighted by atomic mass is 16.2. The monoisotopic (exact) mass is 253 g/mol. The summed E-state index contributed by atoms with van der Waals surface area (Å²) in [5.41, 5.74) is 5.18. The number of urea groups is 1. The molecule has 2 fully saturated rings. The number of hydrogen-bond acceptors (Lipinski definition) is 3. The zero-order valence-corrected chi connectivity index (χ0v) is 11.5. The predicted molar refractivity (Wildman–Crippen MR) is 68.9 cm³/mol. The Hall–Kier alpha value is -1.10. The van der Waals surface area contributed by atoms with Crippen molar-refractivity contribution in [1.82, 2.24) is 9.80 Å². The molecule has 18 heavy (non-hydrogen) atoms. The molecule has 1 aliphatic carbocycles. The standard InChI is InChI=1S/C13H23N3O2/c1-13(2)11(17)15(3)12(18)16(13)8-9-4-6-10(14)7-5-9/h9-10H,4-8,14H2,1-3H3. The Morgan fingerprint density at radius 2 is 1.78 bits per heavy atom. The molecule has 0 bridgehead atoms. The van der Waals surface area contributed by atoms with E-state index in [-0.39, 0.29) is 11.9 Å². The molecule has 1 heterocycles. The van der Waals surface area contributed by atoms with E-state index in [9.17, 15) is 9.59 Å². The van der Waals surface area contributed by atoms with Crippen LogP contribution in [0.15, 0.2) is 0 Å². The van der Waals surface area contributed by atoms with Crippen molar-refractivity contribution in [2.45, 2.75) is 51.1 Å². The number of nitrogens with zero attached hydrogens (tertiary/aromatic N) is 2. The zero-order chi connectivity index (χ0) is 13.5. The van der Waals surface area contributed by atoms with Crippen molar-refractivity contribution in [2.75, 3.05) is 13.6 Å². The van der Waals surface area contributed by atoms with Crippen LogP contribution in [0.25, 0.3) is 0 Å². The van der Waals surface area contributed by atoms with Crippen LogP contribution >= 0.6 is 0 Å². The average molecular weight is 253 g/mol. The fourth-order valence-corrected chi connectivity index (χ4v) is 2.97.